The number of benzene rings is 1. The van der Waals surface area contributed by atoms with E-state index in [9.17, 15) is 0 Å². The van der Waals surface area contributed by atoms with Crippen LogP contribution in [0.5, 0.6) is 0 Å². The molecule has 1 aromatic carbocycles. The molecule has 1 saturated heterocycles. The molecule has 0 spiro atoms. The van der Waals surface area contributed by atoms with Gasteiger partial charge in [-0.25, -0.2) is 0 Å². The molecule has 1 aliphatic heterocycles. The number of ether oxygens (including phenoxy) is 1. The maximum Gasteiger partial charge on any atom is 0.0619 e. The summed E-state index contributed by atoms with van der Waals surface area (Å²) in [6.07, 6.45) is 2.41. The Balaban J connectivity index is 2.00. The van der Waals surface area contributed by atoms with Gasteiger partial charge in [0, 0.05) is 18.7 Å². The standard InChI is InChI=1S/C15H23NO/c1-11-6-7-15(12(2)9-11)13(3)16-14-5-4-8-17-10-14/h6-7,9,13-14,16H,4-5,8,10H2,1-3H3. The zero-order valence-electron chi connectivity index (χ0n) is 11.1. The molecule has 1 aliphatic rings. The molecule has 1 fully saturated rings. The molecule has 2 atom stereocenters. The van der Waals surface area contributed by atoms with E-state index in [-0.39, 0.29) is 0 Å². The molecule has 0 amide bonds. The molecule has 2 rings (SSSR count). The van der Waals surface area contributed by atoms with Gasteiger partial charge in [0.15, 0.2) is 0 Å². The maximum absolute atomic E-state index is 5.51. The van der Waals surface area contributed by atoms with Gasteiger partial charge in [-0.2, -0.15) is 0 Å². The highest BCUT2D eigenvalue weighted by molar-refractivity contribution is 5.32. The van der Waals surface area contributed by atoms with Crippen LogP contribution in [0.25, 0.3) is 0 Å². The highest BCUT2D eigenvalue weighted by atomic mass is 16.5. The normalized spacial score (nSPS) is 22.4. The van der Waals surface area contributed by atoms with Crippen LogP contribution in [-0.4, -0.2) is 19.3 Å². The zero-order valence-corrected chi connectivity index (χ0v) is 11.1. The van der Waals surface area contributed by atoms with Crippen LogP contribution in [-0.2, 0) is 4.74 Å². The Labute approximate surface area is 104 Å². The summed E-state index contributed by atoms with van der Waals surface area (Å²) in [6.45, 7) is 8.36. The van der Waals surface area contributed by atoms with E-state index < -0.39 is 0 Å². The number of hydrogen-bond donors (Lipinski definition) is 1. The molecule has 2 heteroatoms. The van der Waals surface area contributed by atoms with Crippen molar-refractivity contribution in [2.45, 2.75) is 45.7 Å². The Bertz CT molecular complexity index is 369. The first-order valence-electron chi connectivity index (χ1n) is 6.58. The molecule has 0 bridgehead atoms. The second-order valence-electron chi connectivity index (χ2n) is 5.16. The number of nitrogens with one attached hydrogen (secondary N) is 1. The van der Waals surface area contributed by atoms with Crippen molar-refractivity contribution in [2.75, 3.05) is 13.2 Å². The van der Waals surface area contributed by atoms with Gasteiger partial charge >= 0.3 is 0 Å². The molecular weight excluding hydrogens is 210 g/mol. The molecule has 1 N–H and O–H groups in total. The average molecular weight is 233 g/mol. The molecule has 17 heavy (non-hydrogen) atoms. The Morgan fingerprint density at radius 2 is 2.18 bits per heavy atom. The van der Waals surface area contributed by atoms with E-state index in [1.165, 1.54) is 29.5 Å². The first-order chi connectivity index (χ1) is 8.16. The van der Waals surface area contributed by atoms with Crippen LogP contribution in [0.15, 0.2) is 18.2 Å². The van der Waals surface area contributed by atoms with E-state index in [0.717, 1.165) is 13.2 Å². The third-order valence-corrected chi connectivity index (χ3v) is 3.54. The van der Waals surface area contributed by atoms with E-state index in [4.69, 9.17) is 4.74 Å². The zero-order chi connectivity index (χ0) is 12.3. The minimum atomic E-state index is 0.405. The molecule has 0 aromatic heterocycles. The highest BCUT2D eigenvalue weighted by Crippen LogP contribution is 2.20. The fraction of sp³-hybridized carbons (Fsp3) is 0.600. The van der Waals surface area contributed by atoms with Crippen molar-refractivity contribution in [1.29, 1.82) is 0 Å². The van der Waals surface area contributed by atoms with Gasteiger partial charge in [-0.05, 0) is 44.7 Å². The van der Waals surface area contributed by atoms with Crippen LogP contribution in [0.2, 0.25) is 0 Å². The predicted molar refractivity (Wildman–Crippen MR) is 71.3 cm³/mol. The summed E-state index contributed by atoms with van der Waals surface area (Å²) in [4.78, 5) is 0. The number of aryl methyl sites for hydroxylation is 2. The summed E-state index contributed by atoms with van der Waals surface area (Å²) in [6, 6.07) is 7.61. The van der Waals surface area contributed by atoms with Crippen molar-refractivity contribution < 1.29 is 4.74 Å². The third kappa shape index (κ3) is 3.30. The van der Waals surface area contributed by atoms with Crippen LogP contribution in [0.1, 0.15) is 42.5 Å². The molecule has 2 unspecified atom stereocenters. The lowest BCUT2D eigenvalue weighted by molar-refractivity contribution is 0.0670. The Hall–Kier alpha value is -0.860. The van der Waals surface area contributed by atoms with Gasteiger partial charge < -0.3 is 10.1 Å². The molecular formula is C15H23NO. The van der Waals surface area contributed by atoms with E-state index in [1.54, 1.807) is 0 Å². The summed E-state index contributed by atoms with van der Waals surface area (Å²) < 4.78 is 5.51. The van der Waals surface area contributed by atoms with E-state index >= 15 is 0 Å². The van der Waals surface area contributed by atoms with Crippen molar-refractivity contribution in [3.63, 3.8) is 0 Å². The van der Waals surface area contributed by atoms with Gasteiger partial charge in [0.1, 0.15) is 0 Å². The second-order valence-corrected chi connectivity index (χ2v) is 5.16. The summed E-state index contributed by atoms with van der Waals surface area (Å²) in [5.41, 5.74) is 4.11. The van der Waals surface area contributed by atoms with Crippen LogP contribution in [0.4, 0.5) is 0 Å². The van der Waals surface area contributed by atoms with Gasteiger partial charge in [-0.1, -0.05) is 23.8 Å². The minimum absolute atomic E-state index is 0.405. The summed E-state index contributed by atoms with van der Waals surface area (Å²) in [5.74, 6) is 0. The molecule has 94 valence electrons. The SMILES string of the molecule is Cc1ccc(C(C)NC2CCCOC2)c(C)c1. The van der Waals surface area contributed by atoms with Crippen molar-refractivity contribution in [1.82, 2.24) is 5.32 Å². The molecule has 0 saturated carbocycles. The lowest BCUT2D eigenvalue weighted by Crippen LogP contribution is -2.38. The minimum Gasteiger partial charge on any atom is -0.380 e. The summed E-state index contributed by atoms with van der Waals surface area (Å²) in [5, 5.41) is 3.67. The van der Waals surface area contributed by atoms with E-state index in [1.807, 2.05) is 0 Å². The van der Waals surface area contributed by atoms with Gasteiger partial charge in [0.2, 0.25) is 0 Å². The fourth-order valence-electron chi connectivity index (χ4n) is 2.63. The molecule has 0 radical (unpaired) electrons. The van der Waals surface area contributed by atoms with Gasteiger partial charge in [0.25, 0.3) is 0 Å². The predicted octanol–water partition coefficient (Wildman–Crippen LogP) is 3.13. The van der Waals surface area contributed by atoms with Crippen molar-refractivity contribution in [3.05, 3.63) is 34.9 Å². The van der Waals surface area contributed by atoms with Crippen LogP contribution in [0.3, 0.4) is 0 Å². The van der Waals surface area contributed by atoms with Crippen molar-refractivity contribution in [2.24, 2.45) is 0 Å². The Morgan fingerprint density at radius 1 is 1.35 bits per heavy atom. The summed E-state index contributed by atoms with van der Waals surface area (Å²) in [7, 11) is 0. The first kappa shape index (κ1) is 12.6. The molecule has 1 heterocycles. The Morgan fingerprint density at radius 3 is 2.82 bits per heavy atom. The number of hydrogen-bond acceptors (Lipinski definition) is 2. The molecule has 2 nitrogen and oxygen atoms in total. The molecule has 1 aromatic rings. The number of rotatable bonds is 3. The van der Waals surface area contributed by atoms with Crippen LogP contribution >= 0.6 is 0 Å². The van der Waals surface area contributed by atoms with Gasteiger partial charge in [0.05, 0.1) is 6.61 Å². The van der Waals surface area contributed by atoms with Crippen LogP contribution < -0.4 is 5.32 Å². The van der Waals surface area contributed by atoms with Crippen LogP contribution in [0, 0.1) is 13.8 Å². The lowest BCUT2D eigenvalue weighted by Gasteiger charge is -2.27. The first-order valence-corrected chi connectivity index (χ1v) is 6.58. The fourth-order valence-corrected chi connectivity index (χ4v) is 2.63. The lowest BCUT2D eigenvalue weighted by atomic mass is 9.99. The topological polar surface area (TPSA) is 21.3 Å². The molecule has 0 aliphatic carbocycles. The quantitative estimate of drug-likeness (QED) is 0.866. The third-order valence-electron chi connectivity index (χ3n) is 3.54. The average Bonchev–Trinajstić information content (AvgIpc) is 2.30. The van der Waals surface area contributed by atoms with Crippen molar-refractivity contribution in [3.8, 4) is 0 Å². The summed E-state index contributed by atoms with van der Waals surface area (Å²) >= 11 is 0. The Kier molecular flexibility index (Phi) is 4.19. The maximum atomic E-state index is 5.51. The highest BCUT2D eigenvalue weighted by Gasteiger charge is 2.17. The van der Waals surface area contributed by atoms with E-state index in [2.05, 4.69) is 44.3 Å². The smallest absolute Gasteiger partial charge is 0.0619 e. The van der Waals surface area contributed by atoms with E-state index in [0.29, 0.717) is 12.1 Å². The largest absolute Gasteiger partial charge is 0.380 e. The second kappa shape index (κ2) is 5.65. The van der Waals surface area contributed by atoms with Gasteiger partial charge in [-0.3, -0.25) is 0 Å². The monoisotopic (exact) mass is 233 g/mol. The van der Waals surface area contributed by atoms with Crippen molar-refractivity contribution >= 4 is 0 Å². The van der Waals surface area contributed by atoms with Gasteiger partial charge in [-0.15, -0.1) is 0 Å².